The van der Waals surface area contributed by atoms with Crippen LogP contribution in [0.2, 0.25) is 0 Å². The Balaban J connectivity index is 3.96. The topological polar surface area (TPSA) is 24.1 Å². The molecule has 18 heavy (non-hydrogen) atoms. The molecule has 0 amide bonds. The molecule has 0 aromatic heterocycles. The number of nitrogens with one attached hydrogen (secondary N) is 2. The summed E-state index contributed by atoms with van der Waals surface area (Å²) < 4.78 is 0. The van der Waals surface area contributed by atoms with Crippen LogP contribution in [0.5, 0.6) is 0 Å². The van der Waals surface area contributed by atoms with Gasteiger partial charge in [0.1, 0.15) is 0 Å². The summed E-state index contributed by atoms with van der Waals surface area (Å²) in [6.07, 6.45) is 0. The summed E-state index contributed by atoms with van der Waals surface area (Å²) >= 11 is 0. The molecule has 0 rings (SSSR count). The van der Waals surface area contributed by atoms with Crippen LogP contribution in [-0.2, 0) is 0 Å². The molecule has 0 bridgehead atoms. The Morgan fingerprint density at radius 1 is 0.500 bits per heavy atom. The first-order chi connectivity index (χ1) is 8.27. The van der Waals surface area contributed by atoms with Gasteiger partial charge in [0.2, 0.25) is 0 Å². The maximum absolute atomic E-state index is 3.69. The zero-order chi connectivity index (χ0) is 14.3. The van der Waals surface area contributed by atoms with E-state index in [9.17, 15) is 0 Å². The number of hydrogen-bond donors (Lipinski definition) is 2. The highest BCUT2D eigenvalue weighted by molar-refractivity contribution is 4.77. The molecule has 2 nitrogen and oxygen atoms in total. The van der Waals surface area contributed by atoms with Crippen LogP contribution in [0.3, 0.4) is 0 Å². The molecule has 2 N–H and O–H groups in total. The normalized spacial score (nSPS) is 13.0. The second-order valence-corrected chi connectivity index (χ2v) is 6.94. The first-order valence-corrected chi connectivity index (χ1v) is 7.74. The molecule has 0 saturated carbocycles. The molecule has 0 aromatic rings. The number of rotatable bonds is 9. The van der Waals surface area contributed by atoms with Gasteiger partial charge in [-0.25, -0.2) is 0 Å². The Labute approximate surface area is 115 Å². The summed E-state index contributed by atoms with van der Waals surface area (Å²) in [5, 5.41) is 7.38. The summed E-state index contributed by atoms with van der Waals surface area (Å²) in [5.74, 6) is 2.82. The summed E-state index contributed by atoms with van der Waals surface area (Å²) in [4.78, 5) is 0. The molecule has 0 atom stereocenters. The molecule has 0 aliphatic carbocycles. The molecule has 0 heterocycles. The monoisotopic (exact) mass is 256 g/mol. The standard InChI is InChI=1S/C16H36N2/c1-11(2)15(12(3)4)17-9-10-18-16(13(5)6)14(7)8/h11-18H,9-10H2,1-8H3. The summed E-state index contributed by atoms with van der Waals surface area (Å²) in [6, 6.07) is 1.26. The van der Waals surface area contributed by atoms with Crippen molar-refractivity contribution < 1.29 is 0 Å². The quantitative estimate of drug-likeness (QED) is 0.617. The fourth-order valence-electron chi connectivity index (χ4n) is 2.96. The van der Waals surface area contributed by atoms with Crippen molar-refractivity contribution in [3.8, 4) is 0 Å². The predicted octanol–water partition coefficient (Wildman–Crippen LogP) is 3.53. The lowest BCUT2D eigenvalue weighted by molar-refractivity contribution is 0.290. The highest BCUT2D eigenvalue weighted by atomic mass is 15.0. The van der Waals surface area contributed by atoms with E-state index in [-0.39, 0.29) is 0 Å². The van der Waals surface area contributed by atoms with E-state index >= 15 is 0 Å². The Kier molecular flexibility index (Phi) is 8.89. The lowest BCUT2D eigenvalue weighted by Gasteiger charge is -2.29. The van der Waals surface area contributed by atoms with Crippen LogP contribution in [-0.4, -0.2) is 25.2 Å². The zero-order valence-corrected chi connectivity index (χ0v) is 13.9. The van der Waals surface area contributed by atoms with E-state index in [1.54, 1.807) is 0 Å². The second kappa shape index (κ2) is 8.92. The van der Waals surface area contributed by atoms with E-state index in [0.717, 1.165) is 13.1 Å². The highest BCUT2D eigenvalue weighted by Gasteiger charge is 2.18. The van der Waals surface area contributed by atoms with E-state index in [2.05, 4.69) is 66.0 Å². The SMILES string of the molecule is CC(C)C(NCCNC(C(C)C)C(C)C)C(C)C. The van der Waals surface area contributed by atoms with E-state index in [1.165, 1.54) is 0 Å². The molecule has 110 valence electrons. The molecule has 2 heteroatoms. The van der Waals surface area contributed by atoms with Crippen molar-refractivity contribution in [2.75, 3.05) is 13.1 Å². The van der Waals surface area contributed by atoms with Crippen LogP contribution >= 0.6 is 0 Å². The Hall–Kier alpha value is -0.0800. The van der Waals surface area contributed by atoms with Gasteiger partial charge < -0.3 is 10.6 Å². The molecule has 0 fully saturated rings. The molecular formula is C16H36N2. The minimum Gasteiger partial charge on any atom is -0.312 e. The van der Waals surface area contributed by atoms with Crippen LogP contribution in [0, 0.1) is 23.7 Å². The summed E-state index contributed by atoms with van der Waals surface area (Å²) in [7, 11) is 0. The number of hydrogen-bond acceptors (Lipinski definition) is 2. The van der Waals surface area contributed by atoms with Crippen molar-refractivity contribution in [1.82, 2.24) is 10.6 Å². The molecule has 0 spiro atoms. The molecule has 0 radical (unpaired) electrons. The largest absolute Gasteiger partial charge is 0.312 e. The molecular weight excluding hydrogens is 220 g/mol. The van der Waals surface area contributed by atoms with Crippen molar-refractivity contribution in [3.05, 3.63) is 0 Å². The third-order valence-corrected chi connectivity index (χ3v) is 3.76. The summed E-state index contributed by atoms with van der Waals surface area (Å²) in [6.45, 7) is 20.5. The van der Waals surface area contributed by atoms with Gasteiger partial charge in [-0.2, -0.15) is 0 Å². The zero-order valence-electron chi connectivity index (χ0n) is 13.9. The Morgan fingerprint density at radius 2 is 0.722 bits per heavy atom. The molecule has 0 aliphatic heterocycles. The predicted molar refractivity (Wildman–Crippen MR) is 82.9 cm³/mol. The molecule has 0 saturated heterocycles. The van der Waals surface area contributed by atoms with Gasteiger partial charge in [-0.3, -0.25) is 0 Å². The Morgan fingerprint density at radius 3 is 0.889 bits per heavy atom. The van der Waals surface area contributed by atoms with Crippen LogP contribution in [0.1, 0.15) is 55.4 Å². The maximum Gasteiger partial charge on any atom is 0.0114 e. The maximum atomic E-state index is 3.69. The molecule has 0 aromatic carbocycles. The van der Waals surface area contributed by atoms with Gasteiger partial charge in [-0.05, 0) is 23.7 Å². The average Bonchev–Trinajstić information content (AvgIpc) is 2.20. The van der Waals surface area contributed by atoms with Crippen molar-refractivity contribution in [3.63, 3.8) is 0 Å². The van der Waals surface area contributed by atoms with E-state index < -0.39 is 0 Å². The van der Waals surface area contributed by atoms with Crippen molar-refractivity contribution in [2.45, 2.75) is 67.5 Å². The van der Waals surface area contributed by atoms with E-state index in [1.807, 2.05) is 0 Å². The van der Waals surface area contributed by atoms with Gasteiger partial charge in [-0.1, -0.05) is 55.4 Å². The Bertz CT molecular complexity index is 159. The van der Waals surface area contributed by atoms with Gasteiger partial charge >= 0.3 is 0 Å². The third kappa shape index (κ3) is 6.75. The fourth-order valence-corrected chi connectivity index (χ4v) is 2.96. The average molecular weight is 256 g/mol. The molecule has 0 unspecified atom stereocenters. The first kappa shape index (κ1) is 17.9. The van der Waals surface area contributed by atoms with Crippen LogP contribution in [0.4, 0.5) is 0 Å². The fraction of sp³-hybridized carbons (Fsp3) is 1.00. The third-order valence-electron chi connectivity index (χ3n) is 3.76. The van der Waals surface area contributed by atoms with Gasteiger partial charge in [0, 0.05) is 25.2 Å². The van der Waals surface area contributed by atoms with Gasteiger partial charge in [-0.15, -0.1) is 0 Å². The summed E-state index contributed by atoms with van der Waals surface area (Å²) in [5.41, 5.74) is 0. The lowest BCUT2D eigenvalue weighted by Crippen LogP contribution is -2.45. The van der Waals surface area contributed by atoms with Crippen molar-refractivity contribution in [1.29, 1.82) is 0 Å². The minimum absolute atomic E-state index is 0.628. The highest BCUT2D eigenvalue weighted by Crippen LogP contribution is 2.12. The lowest BCUT2D eigenvalue weighted by atomic mass is 9.92. The van der Waals surface area contributed by atoms with E-state index in [4.69, 9.17) is 0 Å². The van der Waals surface area contributed by atoms with Gasteiger partial charge in [0.05, 0.1) is 0 Å². The van der Waals surface area contributed by atoms with Crippen LogP contribution < -0.4 is 10.6 Å². The van der Waals surface area contributed by atoms with Gasteiger partial charge in [0.25, 0.3) is 0 Å². The second-order valence-electron chi connectivity index (χ2n) is 6.94. The minimum atomic E-state index is 0.628. The van der Waals surface area contributed by atoms with Gasteiger partial charge in [0.15, 0.2) is 0 Å². The van der Waals surface area contributed by atoms with Crippen molar-refractivity contribution >= 4 is 0 Å². The van der Waals surface area contributed by atoms with Crippen molar-refractivity contribution in [2.24, 2.45) is 23.7 Å². The first-order valence-electron chi connectivity index (χ1n) is 7.74. The van der Waals surface area contributed by atoms with E-state index in [0.29, 0.717) is 35.8 Å². The van der Waals surface area contributed by atoms with Crippen LogP contribution in [0.25, 0.3) is 0 Å². The smallest absolute Gasteiger partial charge is 0.0114 e. The van der Waals surface area contributed by atoms with Crippen LogP contribution in [0.15, 0.2) is 0 Å². The molecule has 0 aliphatic rings.